The molecule has 0 saturated heterocycles. The first kappa shape index (κ1) is 10.1. The third-order valence-electron chi connectivity index (χ3n) is 1.01. The summed E-state index contributed by atoms with van der Waals surface area (Å²) in [5, 5.41) is 0. The SMILES string of the molecule is [Fe+2].c1cc[cH-]c1.c1cc[n-]c1. The molecule has 2 rings (SSSR count). The van der Waals surface area contributed by atoms with Crippen molar-refractivity contribution < 1.29 is 17.1 Å². The van der Waals surface area contributed by atoms with Gasteiger partial charge in [-0.15, -0.1) is 0 Å². The maximum Gasteiger partial charge on any atom is 2.00 e. The molecule has 0 atom stereocenters. The molecule has 2 heteroatoms. The zero-order chi connectivity index (χ0) is 7.07. The minimum atomic E-state index is 0. The van der Waals surface area contributed by atoms with E-state index in [1.807, 2.05) is 42.5 Å². The van der Waals surface area contributed by atoms with Crippen LogP contribution < -0.4 is 4.98 Å². The molecule has 0 aliphatic carbocycles. The third-order valence-corrected chi connectivity index (χ3v) is 1.01. The summed E-state index contributed by atoms with van der Waals surface area (Å²) in [6.07, 6.45) is 3.50. The second-order valence-electron chi connectivity index (χ2n) is 1.79. The third kappa shape index (κ3) is 5.59. The number of hydrogen-bond donors (Lipinski definition) is 0. The van der Waals surface area contributed by atoms with E-state index in [9.17, 15) is 0 Å². The Kier molecular flexibility index (Phi) is 6.70. The van der Waals surface area contributed by atoms with Gasteiger partial charge in [0.15, 0.2) is 0 Å². The molecule has 0 saturated carbocycles. The number of rotatable bonds is 0. The smallest absolute Gasteiger partial charge is 0.670 e. The fraction of sp³-hybridized carbons (Fsp3) is 0. The van der Waals surface area contributed by atoms with Crippen LogP contribution in [-0.2, 0) is 17.1 Å². The largest absolute Gasteiger partial charge is 2.00 e. The van der Waals surface area contributed by atoms with Gasteiger partial charge in [0.1, 0.15) is 0 Å². The standard InChI is InChI=1S/C5H5.C4H4N.Fe/c2*1-2-4-5-3-1;/h1-5H;1-4H;/q2*-1;+2. The first-order valence-electron chi connectivity index (χ1n) is 3.18. The van der Waals surface area contributed by atoms with Crippen molar-refractivity contribution in [3.05, 3.63) is 54.9 Å². The zero-order valence-electron chi connectivity index (χ0n) is 6.00. The van der Waals surface area contributed by atoms with E-state index in [1.54, 1.807) is 12.4 Å². The Hall–Kier alpha value is -0.851. The van der Waals surface area contributed by atoms with E-state index < -0.39 is 0 Å². The summed E-state index contributed by atoms with van der Waals surface area (Å²) in [4.78, 5) is 3.72. The molecule has 0 N–H and O–H groups in total. The van der Waals surface area contributed by atoms with Crippen LogP contribution >= 0.6 is 0 Å². The summed E-state index contributed by atoms with van der Waals surface area (Å²) in [7, 11) is 0. The van der Waals surface area contributed by atoms with E-state index in [1.165, 1.54) is 0 Å². The van der Waals surface area contributed by atoms with E-state index in [0.717, 1.165) is 0 Å². The van der Waals surface area contributed by atoms with Crippen LogP contribution in [0.2, 0.25) is 0 Å². The monoisotopic (exact) mass is 187 g/mol. The average Bonchev–Trinajstić information content (AvgIpc) is 2.67. The van der Waals surface area contributed by atoms with Crippen molar-refractivity contribution in [3.63, 3.8) is 0 Å². The summed E-state index contributed by atoms with van der Waals surface area (Å²) >= 11 is 0. The topological polar surface area (TPSA) is 14.1 Å². The molecule has 0 unspecified atom stereocenters. The van der Waals surface area contributed by atoms with Crippen LogP contribution in [0.1, 0.15) is 0 Å². The van der Waals surface area contributed by atoms with Crippen molar-refractivity contribution in [1.82, 2.24) is 4.98 Å². The quantitative estimate of drug-likeness (QED) is 0.454. The number of hydrogen-bond acceptors (Lipinski definition) is 0. The number of aromatic nitrogens is 1. The van der Waals surface area contributed by atoms with Crippen LogP contribution in [0.25, 0.3) is 0 Å². The van der Waals surface area contributed by atoms with Gasteiger partial charge in [0.05, 0.1) is 0 Å². The van der Waals surface area contributed by atoms with Crippen molar-refractivity contribution in [2.45, 2.75) is 0 Å². The normalized spacial score (nSPS) is 7.27. The van der Waals surface area contributed by atoms with E-state index >= 15 is 0 Å². The van der Waals surface area contributed by atoms with Crippen molar-refractivity contribution in [1.29, 1.82) is 0 Å². The molecule has 11 heavy (non-hydrogen) atoms. The van der Waals surface area contributed by atoms with Crippen LogP contribution in [0.4, 0.5) is 0 Å². The zero-order valence-corrected chi connectivity index (χ0v) is 7.10. The molecule has 0 spiro atoms. The molecule has 1 nitrogen and oxygen atoms in total. The van der Waals surface area contributed by atoms with Gasteiger partial charge < -0.3 is 4.98 Å². The molecular weight excluding hydrogens is 178 g/mol. The minimum absolute atomic E-state index is 0. The van der Waals surface area contributed by atoms with Gasteiger partial charge >= 0.3 is 17.1 Å². The van der Waals surface area contributed by atoms with Crippen molar-refractivity contribution in [2.24, 2.45) is 0 Å². The van der Waals surface area contributed by atoms with E-state index in [2.05, 4.69) is 4.98 Å². The molecule has 0 radical (unpaired) electrons. The van der Waals surface area contributed by atoms with Crippen molar-refractivity contribution >= 4 is 0 Å². The van der Waals surface area contributed by atoms with Gasteiger partial charge in [-0.05, 0) is 0 Å². The second-order valence-corrected chi connectivity index (χ2v) is 1.79. The molecule has 2 aromatic rings. The molecule has 58 valence electrons. The fourth-order valence-corrected chi connectivity index (χ4v) is 0.569. The molecule has 0 fully saturated rings. The molecular formula is C9H9FeN. The Balaban J connectivity index is 0.000000167. The maximum absolute atomic E-state index is 3.72. The first-order chi connectivity index (χ1) is 5.00. The molecule has 0 aliphatic rings. The predicted molar refractivity (Wildman–Crippen MR) is 41.8 cm³/mol. The second kappa shape index (κ2) is 7.26. The number of nitrogens with zero attached hydrogens (tertiary/aromatic N) is 1. The molecule has 0 bridgehead atoms. The van der Waals surface area contributed by atoms with E-state index in [0.29, 0.717) is 0 Å². The van der Waals surface area contributed by atoms with E-state index in [-0.39, 0.29) is 17.1 Å². The Labute approximate surface area is 77.3 Å². The summed E-state index contributed by atoms with van der Waals surface area (Å²) in [6.45, 7) is 0. The van der Waals surface area contributed by atoms with Gasteiger partial charge in [0.2, 0.25) is 0 Å². The Morgan fingerprint density at radius 3 is 1.55 bits per heavy atom. The van der Waals surface area contributed by atoms with Gasteiger partial charge in [0.25, 0.3) is 0 Å². The van der Waals surface area contributed by atoms with Crippen LogP contribution in [0.15, 0.2) is 54.9 Å². The van der Waals surface area contributed by atoms with Crippen LogP contribution in [0.3, 0.4) is 0 Å². The van der Waals surface area contributed by atoms with Gasteiger partial charge in [-0.3, -0.25) is 0 Å². The summed E-state index contributed by atoms with van der Waals surface area (Å²) in [5.41, 5.74) is 0. The van der Waals surface area contributed by atoms with Gasteiger partial charge in [0, 0.05) is 0 Å². The predicted octanol–water partition coefficient (Wildman–Crippen LogP) is 2.05. The minimum Gasteiger partial charge on any atom is -0.670 e. The molecule has 0 aliphatic heterocycles. The maximum atomic E-state index is 3.72. The van der Waals surface area contributed by atoms with E-state index in [4.69, 9.17) is 0 Å². The molecule has 1 aromatic heterocycles. The van der Waals surface area contributed by atoms with Crippen molar-refractivity contribution in [3.8, 4) is 0 Å². The fourth-order valence-electron chi connectivity index (χ4n) is 0.569. The Morgan fingerprint density at radius 1 is 0.818 bits per heavy atom. The summed E-state index contributed by atoms with van der Waals surface area (Å²) in [5.74, 6) is 0. The van der Waals surface area contributed by atoms with Crippen LogP contribution in [0, 0.1) is 0 Å². The van der Waals surface area contributed by atoms with Crippen LogP contribution in [0.5, 0.6) is 0 Å². The van der Waals surface area contributed by atoms with Gasteiger partial charge in [-0.1, -0.05) is 12.1 Å². The van der Waals surface area contributed by atoms with Crippen molar-refractivity contribution in [2.75, 3.05) is 0 Å². The Bertz CT molecular complexity index is 149. The first-order valence-corrected chi connectivity index (χ1v) is 3.18. The summed E-state index contributed by atoms with van der Waals surface area (Å²) in [6, 6.07) is 13.8. The molecule has 1 aromatic carbocycles. The van der Waals surface area contributed by atoms with Gasteiger partial charge in [-0.2, -0.15) is 30.6 Å². The average molecular weight is 187 g/mol. The summed E-state index contributed by atoms with van der Waals surface area (Å²) < 4.78 is 0. The Morgan fingerprint density at radius 2 is 1.36 bits per heavy atom. The van der Waals surface area contributed by atoms with Crippen LogP contribution in [-0.4, -0.2) is 0 Å². The molecule has 0 amide bonds. The van der Waals surface area contributed by atoms with Gasteiger partial charge in [-0.25, -0.2) is 12.1 Å². The molecule has 1 heterocycles.